The quantitative estimate of drug-likeness (QED) is 0.805. The normalized spacial score (nSPS) is 10.1. The van der Waals surface area contributed by atoms with E-state index in [1.165, 1.54) is 18.2 Å². The zero-order valence-electron chi connectivity index (χ0n) is 7.41. The first kappa shape index (κ1) is 11.8. The molecule has 0 fully saturated rings. The average Bonchev–Trinajstić information content (AvgIpc) is 2.18. The molecule has 80 valence electrons. The third kappa shape index (κ3) is 3.42. The minimum Gasteiger partial charge on any atom is -0.478 e. The van der Waals surface area contributed by atoms with Gasteiger partial charge in [-0.2, -0.15) is 0 Å². The molecule has 1 rings (SSSR count). The minimum absolute atomic E-state index is 0.0773. The van der Waals surface area contributed by atoms with Gasteiger partial charge >= 0.3 is 5.97 Å². The van der Waals surface area contributed by atoms with Crippen LogP contribution in [0.5, 0.6) is 0 Å². The molecule has 0 spiro atoms. The van der Waals surface area contributed by atoms with Crippen LogP contribution in [0.15, 0.2) is 24.3 Å². The first-order valence-corrected chi connectivity index (χ1v) is 4.80. The summed E-state index contributed by atoms with van der Waals surface area (Å²) in [4.78, 5) is 20.5. The summed E-state index contributed by atoms with van der Waals surface area (Å²) in [7, 11) is 0. The Morgan fingerprint density at radius 2 is 2.00 bits per heavy atom. The molecule has 0 unspecified atom stereocenters. The number of amides is 1. The van der Waals surface area contributed by atoms with Gasteiger partial charge < -0.3 is 10.4 Å². The van der Waals surface area contributed by atoms with E-state index in [-0.39, 0.29) is 5.56 Å². The second kappa shape index (κ2) is 5.00. The molecular formula is C9H7Cl2NO3. The number of hydrogen-bond donors (Lipinski definition) is 2. The molecule has 0 saturated carbocycles. The second-order valence-electron chi connectivity index (χ2n) is 2.68. The highest BCUT2D eigenvalue weighted by Gasteiger charge is 2.12. The number of rotatable bonds is 3. The Morgan fingerprint density at radius 3 is 2.53 bits per heavy atom. The van der Waals surface area contributed by atoms with Gasteiger partial charge in [0, 0.05) is 5.69 Å². The minimum atomic E-state index is -1.18. The molecule has 6 heteroatoms. The fraction of sp³-hybridized carbons (Fsp3) is 0.111. The van der Waals surface area contributed by atoms with Crippen LogP contribution < -0.4 is 5.32 Å². The zero-order chi connectivity index (χ0) is 11.4. The summed E-state index contributed by atoms with van der Waals surface area (Å²) in [5, 5.41) is 11.1. The summed E-state index contributed by atoms with van der Waals surface area (Å²) in [5.41, 5.74) is 0.416. The van der Waals surface area contributed by atoms with Crippen molar-refractivity contribution in [3.8, 4) is 0 Å². The first-order valence-electron chi connectivity index (χ1n) is 3.93. The van der Waals surface area contributed by atoms with Crippen LogP contribution in [0.1, 0.15) is 10.4 Å². The molecule has 0 bridgehead atoms. The van der Waals surface area contributed by atoms with Crippen molar-refractivity contribution < 1.29 is 14.7 Å². The molecule has 0 atom stereocenters. The molecule has 0 aliphatic carbocycles. The van der Waals surface area contributed by atoms with Crippen molar-refractivity contribution in [2.45, 2.75) is 4.84 Å². The van der Waals surface area contributed by atoms with Gasteiger partial charge in [-0.15, -0.1) is 0 Å². The standard InChI is InChI=1S/C9H7Cl2NO3/c10-7(11)8(13)12-6-3-1-2-5(4-6)9(14)15/h1-4,7H,(H,12,13)(H,14,15). The lowest BCUT2D eigenvalue weighted by molar-refractivity contribution is -0.114. The van der Waals surface area contributed by atoms with Gasteiger partial charge in [-0.05, 0) is 18.2 Å². The smallest absolute Gasteiger partial charge is 0.335 e. The monoisotopic (exact) mass is 247 g/mol. The highest BCUT2D eigenvalue weighted by molar-refractivity contribution is 6.54. The number of carboxylic acids is 1. The van der Waals surface area contributed by atoms with E-state index in [2.05, 4.69) is 5.32 Å². The molecule has 0 saturated heterocycles. The molecule has 0 aromatic heterocycles. The molecule has 4 nitrogen and oxygen atoms in total. The van der Waals surface area contributed by atoms with Gasteiger partial charge in [-0.1, -0.05) is 29.3 Å². The number of carboxylic acid groups (broad SMARTS) is 1. The van der Waals surface area contributed by atoms with Crippen molar-refractivity contribution in [2.75, 3.05) is 5.32 Å². The molecule has 1 aromatic carbocycles. The SMILES string of the molecule is O=C(O)c1cccc(NC(=O)C(Cl)Cl)c1. The van der Waals surface area contributed by atoms with Crippen molar-refractivity contribution in [1.29, 1.82) is 0 Å². The second-order valence-corrected chi connectivity index (χ2v) is 3.77. The number of aromatic carboxylic acids is 1. The highest BCUT2D eigenvalue weighted by atomic mass is 35.5. The van der Waals surface area contributed by atoms with Crippen molar-refractivity contribution >= 4 is 40.8 Å². The molecule has 1 amide bonds. The topological polar surface area (TPSA) is 66.4 Å². The fourth-order valence-corrected chi connectivity index (χ4v) is 1.04. The lowest BCUT2D eigenvalue weighted by Gasteiger charge is -2.05. The predicted molar refractivity (Wildman–Crippen MR) is 57.5 cm³/mol. The third-order valence-electron chi connectivity index (χ3n) is 1.58. The number of benzene rings is 1. The van der Waals surface area contributed by atoms with E-state index in [0.29, 0.717) is 5.69 Å². The van der Waals surface area contributed by atoms with Crippen molar-refractivity contribution in [2.24, 2.45) is 0 Å². The fourth-order valence-electron chi connectivity index (χ4n) is 0.927. The number of carbonyl (C=O) groups excluding carboxylic acids is 1. The van der Waals surface area contributed by atoms with Gasteiger partial charge in [0.05, 0.1) is 5.56 Å². The molecular weight excluding hydrogens is 241 g/mol. The van der Waals surface area contributed by atoms with E-state index >= 15 is 0 Å². The Balaban J connectivity index is 2.83. The largest absolute Gasteiger partial charge is 0.478 e. The first-order chi connectivity index (χ1) is 7.00. The molecule has 2 N–H and O–H groups in total. The van der Waals surface area contributed by atoms with Gasteiger partial charge in [0.15, 0.2) is 4.84 Å². The maximum absolute atomic E-state index is 11.1. The number of halogens is 2. The number of alkyl halides is 2. The lowest BCUT2D eigenvalue weighted by Crippen LogP contribution is -2.18. The van der Waals surface area contributed by atoms with E-state index in [9.17, 15) is 9.59 Å². The lowest BCUT2D eigenvalue weighted by atomic mass is 10.2. The summed E-state index contributed by atoms with van der Waals surface area (Å²) in [6.45, 7) is 0. The van der Waals surface area contributed by atoms with Gasteiger partial charge in [0.1, 0.15) is 0 Å². The van der Waals surface area contributed by atoms with Crippen LogP contribution in [0, 0.1) is 0 Å². The van der Waals surface area contributed by atoms with Gasteiger partial charge in [0.2, 0.25) is 0 Å². The molecule has 0 aliphatic heterocycles. The van der Waals surface area contributed by atoms with Crippen LogP contribution in [0.25, 0.3) is 0 Å². The number of hydrogen-bond acceptors (Lipinski definition) is 2. The van der Waals surface area contributed by atoms with Crippen LogP contribution in [-0.2, 0) is 4.79 Å². The van der Waals surface area contributed by atoms with Gasteiger partial charge in [-0.25, -0.2) is 4.79 Å². The van der Waals surface area contributed by atoms with E-state index in [4.69, 9.17) is 28.3 Å². The van der Waals surface area contributed by atoms with Crippen molar-refractivity contribution in [1.82, 2.24) is 0 Å². The van der Waals surface area contributed by atoms with Crippen LogP contribution in [0.3, 0.4) is 0 Å². The molecule has 0 radical (unpaired) electrons. The summed E-state index contributed by atoms with van der Waals surface area (Å²) in [6, 6.07) is 5.78. The average molecular weight is 248 g/mol. The van der Waals surface area contributed by atoms with Gasteiger partial charge in [-0.3, -0.25) is 4.79 Å². The number of nitrogens with one attached hydrogen (secondary N) is 1. The molecule has 1 aromatic rings. The Kier molecular flexibility index (Phi) is 3.94. The molecule has 15 heavy (non-hydrogen) atoms. The predicted octanol–water partition coefficient (Wildman–Crippen LogP) is 2.13. The maximum atomic E-state index is 11.1. The number of anilines is 1. The Bertz CT molecular complexity index is 393. The van der Waals surface area contributed by atoms with Crippen LogP contribution in [0.4, 0.5) is 5.69 Å². The highest BCUT2D eigenvalue weighted by Crippen LogP contribution is 2.12. The van der Waals surface area contributed by atoms with E-state index < -0.39 is 16.7 Å². The van der Waals surface area contributed by atoms with Crippen molar-refractivity contribution in [3.05, 3.63) is 29.8 Å². The third-order valence-corrected chi connectivity index (χ3v) is 1.97. The van der Waals surface area contributed by atoms with Crippen molar-refractivity contribution in [3.63, 3.8) is 0 Å². The zero-order valence-corrected chi connectivity index (χ0v) is 8.92. The summed E-state index contributed by atoms with van der Waals surface area (Å²) in [5.74, 6) is -1.67. The Morgan fingerprint density at radius 1 is 1.33 bits per heavy atom. The van der Waals surface area contributed by atoms with E-state index in [1.54, 1.807) is 6.07 Å². The molecule has 0 heterocycles. The molecule has 0 aliphatic rings. The maximum Gasteiger partial charge on any atom is 0.335 e. The Labute approximate surface area is 95.8 Å². The number of carbonyl (C=O) groups is 2. The van der Waals surface area contributed by atoms with E-state index in [0.717, 1.165) is 0 Å². The van der Waals surface area contributed by atoms with Crippen LogP contribution >= 0.6 is 23.2 Å². The Hall–Kier alpha value is -1.26. The van der Waals surface area contributed by atoms with Crippen LogP contribution in [-0.4, -0.2) is 21.8 Å². The summed E-state index contributed by atoms with van der Waals surface area (Å²) in [6.07, 6.45) is 0. The van der Waals surface area contributed by atoms with Gasteiger partial charge in [0.25, 0.3) is 5.91 Å². The summed E-state index contributed by atoms with van der Waals surface area (Å²) < 4.78 is 0. The summed E-state index contributed by atoms with van der Waals surface area (Å²) >= 11 is 10.6. The van der Waals surface area contributed by atoms with E-state index in [1.807, 2.05) is 0 Å². The van der Waals surface area contributed by atoms with Crippen LogP contribution in [0.2, 0.25) is 0 Å².